The zero-order valence-corrected chi connectivity index (χ0v) is 13.9. The van der Waals surface area contributed by atoms with E-state index in [1.807, 2.05) is 53.4 Å². The van der Waals surface area contributed by atoms with Crippen LogP contribution >= 0.6 is 11.8 Å². The lowest BCUT2D eigenvalue weighted by Crippen LogP contribution is -2.30. The van der Waals surface area contributed by atoms with Crippen molar-refractivity contribution in [2.45, 2.75) is 23.1 Å². The van der Waals surface area contributed by atoms with Gasteiger partial charge in [0.15, 0.2) is 0 Å². The van der Waals surface area contributed by atoms with E-state index in [9.17, 15) is 4.79 Å². The Morgan fingerprint density at radius 3 is 2.58 bits per heavy atom. The first-order valence-corrected chi connectivity index (χ1v) is 8.82. The van der Waals surface area contributed by atoms with E-state index >= 15 is 0 Å². The summed E-state index contributed by atoms with van der Waals surface area (Å²) in [6.07, 6.45) is 2.10. The van der Waals surface area contributed by atoms with Crippen LogP contribution in [0, 0.1) is 0 Å². The molecule has 0 N–H and O–H groups in total. The minimum Gasteiger partial charge on any atom is -0.468 e. The summed E-state index contributed by atoms with van der Waals surface area (Å²) in [4.78, 5) is 16.0. The molecular weight excluding hydrogens is 318 g/mol. The van der Waals surface area contributed by atoms with Crippen LogP contribution in [-0.4, -0.2) is 5.91 Å². The maximum atomic E-state index is 13.0. The molecule has 0 spiro atoms. The summed E-state index contributed by atoms with van der Waals surface area (Å²) in [7, 11) is 0. The summed E-state index contributed by atoms with van der Waals surface area (Å²) in [6, 6.07) is 22.0. The van der Waals surface area contributed by atoms with Gasteiger partial charge >= 0.3 is 0 Å². The number of hydrogen-bond acceptors (Lipinski definition) is 3. The standard InChI is InChI=1S/C20H17NO2S/c22-20-13-19(17-10-6-12-23-17)24-18-11-5-4-9-16(18)21(20)14-15-7-2-1-3-8-15/h1-12,19H,13-14H2/t19-/m0/s1. The number of nitrogens with zero attached hydrogens (tertiary/aromatic N) is 1. The average molecular weight is 335 g/mol. The maximum Gasteiger partial charge on any atom is 0.228 e. The zero-order chi connectivity index (χ0) is 16.4. The van der Waals surface area contributed by atoms with Crippen LogP contribution in [-0.2, 0) is 11.3 Å². The van der Waals surface area contributed by atoms with E-state index in [0.29, 0.717) is 13.0 Å². The van der Waals surface area contributed by atoms with Crippen molar-refractivity contribution in [2.24, 2.45) is 0 Å². The van der Waals surface area contributed by atoms with E-state index < -0.39 is 0 Å². The molecule has 0 bridgehead atoms. The lowest BCUT2D eigenvalue weighted by atomic mass is 10.1. The Morgan fingerprint density at radius 1 is 1.00 bits per heavy atom. The second-order valence-electron chi connectivity index (χ2n) is 5.76. The first-order chi connectivity index (χ1) is 11.8. The van der Waals surface area contributed by atoms with Crippen LogP contribution in [0.2, 0.25) is 0 Å². The van der Waals surface area contributed by atoms with Gasteiger partial charge in [-0.25, -0.2) is 0 Å². The van der Waals surface area contributed by atoms with Gasteiger partial charge in [-0.2, -0.15) is 0 Å². The molecule has 1 aliphatic rings. The first kappa shape index (κ1) is 15.1. The predicted octanol–water partition coefficient (Wildman–Crippen LogP) is 5.05. The third kappa shape index (κ3) is 2.97. The summed E-state index contributed by atoms with van der Waals surface area (Å²) in [5.41, 5.74) is 2.10. The minimum atomic E-state index is 0.00873. The van der Waals surface area contributed by atoms with Crippen LogP contribution in [0.1, 0.15) is 23.0 Å². The van der Waals surface area contributed by atoms with E-state index in [1.165, 1.54) is 0 Å². The minimum absolute atomic E-state index is 0.00873. The van der Waals surface area contributed by atoms with Gasteiger partial charge in [0.1, 0.15) is 5.76 Å². The molecule has 1 amide bonds. The number of carbonyl (C=O) groups excluding carboxylic acids is 1. The van der Waals surface area contributed by atoms with E-state index in [-0.39, 0.29) is 11.2 Å². The van der Waals surface area contributed by atoms with Crippen molar-refractivity contribution in [1.82, 2.24) is 0 Å². The molecule has 3 aromatic rings. The first-order valence-electron chi connectivity index (χ1n) is 7.94. The third-order valence-electron chi connectivity index (χ3n) is 4.13. The fourth-order valence-corrected chi connectivity index (χ4v) is 4.19. The van der Waals surface area contributed by atoms with Gasteiger partial charge in [-0.3, -0.25) is 4.79 Å². The lowest BCUT2D eigenvalue weighted by molar-refractivity contribution is -0.118. The summed E-state index contributed by atoms with van der Waals surface area (Å²) in [6.45, 7) is 0.585. The highest BCUT2D eigenvalue weighted by Gasteiger charge is 2.30. The van der Waals surface area contributed by atoms with Gasteiger partial charge in [-0.1, -0.05) is 42.5 Å². The highest BCUT2D eigenvalue weighted by molar-refractivity contribution is 7.99. The number of carbonyl (C=O) groups is 1. The van der Waals surface area contributed by atoms with Crippen LogP contribution in [0.3, 0.4) is 0 Å². The topological polar surface area (TPSA) is 33.5 Å². The molecule has 3 nitrogen and oxygen atoms in total. The quantitative estimate of drug-likeness (QED) is 0.671. The predicted molar refractivity (Wildman–Crippen MR) is 96.0 cm³/mol. The number of para-hydroxylation sites is 1. The van der Waals surface area contributed by atoms with Crippen LogP contribution < -0.4 is 4.90 Å². The summed E-state index contributed by atoms with van der Waals surface area (Å²) in [5, 5.41) is 0.00873. The van der Waals surface area contributed by atoms with Gasteiger partial charge in [0, 0.05) is 11.3 Å². The van der Waals surface area contributed by atoms with Crippen molar-refractivity contribution < 1.29 is 9.21 Å². The molecule has 2 aromatic carbocycles. The van der Waals surface area contributed by atoms with Crippen LogP contribution in [0.5, 0.6) is 0 Å². The number of thioether (sulfide) groups is 1. The van der Waals surface area contributed by atoms with Gasteiger partial charge in [0.05, 0.1) is 23.7 Å². The Bertz CT molecular complexity index is 830. The third-order valence-corrected chi connectivity index (χ3v) is 5.41. The van der Waals surface area contributed by atoms with E-state index in [0.717, 1.165) is 21.9 Å². The molecule has 0 unspecified atom stereocenters. The number of furan rings is 1. The summed E-state index contributed by atoms with van der Waals surface area (Å²) < 4.78 is 5.55. The Hall–Kier alpha value is -2.46. The Morgan fingerprint density at radius 2 is 1.79 bits per heavy atom. The smallest absolute Gasteiger partial charge is 0.228 e. The van der Waals surface area contributed by atoms with Crippen molar-refractivity contribution in [3.8, 4) is 0 Å². The maximum absolute atomic E-state index is 13.0. The number of fused-ring (bicyclic) bond motifs is 1. The van der Waals surface area contributed by atoms with E-state index in [2.05, 4.69) is 18.2 Å². The molecule has 0 saturated carbocycles. The molecule has 24 heavy (non-hydrogen) atoms. The van der Waals surface area contributed by atoms with Crippen molar-refractivity contribution in [2.75, 3.05) is 4.90 Å². The molecular formula is C20H17NO2S. The second-order valence-corrected chi connectivity index (χ2v) is 7.00. The van der Waals surface area contributed by atoms with E-state index in [1.54, 1.807) is 18.0 Å². The molecule has 1 aromatic heterocycles. The molecule has 1 atom stereocenters. The fraction of sp³-hybridized carbons (Fsp3) is 0.150. The van der Waals surface area contributed by atoms with Crippen molar-refractivity contribution in [3.63, 3.8) is 0 Å². The number of anilines is 1. The molecule has 0 radical (unpaired) electrons. The van der Waals surface area contributed by atoms with Crippen molar-refractivity contribution >= 4 is 23.4 Å². The van der Waals surface area contributed by atoms with Gasteiger partial charge in [0.25, 0.3) is 0 Å². The Balaban J connectivity index is 1.71. The molecule has 1 aliphatic heterocycles. The number of rotatable bonds is 3. The summed E-state index contributed by atoms with van der Waals surface area (Å²) in [5.74, 6) is 0.974. The zero-order valence-electron chi connectivity index (χ0n) is 13.1. The Kier molecular flexibility index (Phi) is 4.13. The van der Waals surface area contributed by atoms with Gasteiger partial charge in [-0.05, 0) is 29.8 Å². The SMILES string of the molecule is O=C1C[C@@H](c2ccco2)Sc2ccccc2N1Cc1ccccc1. The van der Waals surface area contributed by atoms with Gasteiger partial charge in [-0.15, -0.1) is 11.8 Å². The molecule has 0 fully saturated rings. The highest BCUT2D eigenvalue weighted by Crippen LogP contribution is 2.45. The van der Waals surface area contributed by atoms with Crippen LogP contribution in [0.25, 0.3) is 0 Å². The van der Waals surface area contributed by atoms with Crippen molar-refractivity contribution in [1.29, 1.82) is 0 Å². The van der Waals surface area contributed by atoms with Gasteiger partial charge < -0.3 is 9.32 Å². The molecule has 0 aliphatic carbocycles. The lowest BCUT2D eigenvalue weighted by Gasteiger charge is -2.22. The van der Waals surface area contributed by atoms with Crippen molar-refractivity contribution in [3.05, 3.63) is 84.3 Å². The normalized spacial score (nSPS) is 17.4. The van der Waals surface area contributed by atoms with Crippen LogP contribution in [0.15, 0.2) is 82.3 Å². The average Bonchev–Trinajstić information content (AvgIpc) is 3.11. The fourth-order valence-electron chi connectivity index (χ4n) is 2.95. The molecule has 4 heteroatoms. The number of benzene rings is 2. The highest BCUT2D eigenvalue weighted by atomic mass is 32.2. The summed E-state index contributed by atoms with van der Waals surface area (Å²) >= 11 is 1.70. The number of hydrogen-bond donors (Lipinski definition) is 0. The monoisotopic (exact) mass is 335 g/mol. The second kappa shape index (κ2) is 6.57. The van der Waals surface area contributed by atoms with E-state index in [4.69, 9.17) is 4.42 Å². The molecule has 2 heterocycles. The number of amides is 1. The molecule has 4 rings (SSSR count). The molecule has 0 saturated heterocycles. The van der Waals surface area contributed by atoms with Crippen LogP contribution in [0.4, 0.5) is 5.69 Å². The Labute approximate surface area is 145 Å². The largest absolute Gasteiger partial charge is 0.468 e. The van der Waals surface area contributed by atoms with Gasteiger partial charge in [0.2, 0.25) is 5.91 Å². The molecule has 120 valence electrons.